The standard InChI is InChI=1S/C12H11ClF2O4/c1-5(16)9(13)8-4-6(10(17)12(18)19)2-3-7(8)11(14)15/h2-4,9-11,17H,1H3,(H,18,19). The molecule has 0 amide bonds. The van der Waals surface area contributed by atoms with E-state index in [9.17, 15) is 23.5 Å². The van der Waals surface area contributed by atoms with E-state index < -0.39 is 35.2 Å². The molecule has 0 aliphatic heterocycles. The molecule has 0 bridgehead atoms. The molecule has 4 nitrogen and oxygen atoms in total. The summed E-state index contributed by atoms with van der Waals surface area (Å²) < 4.78 is 25.6. The van der Waals surface area contributed by atoms with Crippen LogP contribution in [0.25, 0.3) is 0 Å². The van der Waals surface area contributed by atoms with Gasteiger partial charge < -0.3 is 10.2 Å². The SMILES string of the molecule is CC(=O)C(Cl)c1cc(C(O)C(=O)O)ccc1C(F)F. The molecule has 2 unspecified atom stereocenters. The fourth-order valence-electron chi connectivity index (χ4n) is 1.54. The molecule has 0 fully saturated rings. The lowest BCUT2D eigenvalue weighted by molar-refractivity contribution is -0.146. The lowest BCUT2D eigenvalue weighted by Gasteiger charge is -2.15. The molecule has 0 radical (unpaired) electrons. The topological polar surface area (TPSA) is 74.6 Å². The number of halogens is 3. The highest BCUT2D eigenvalue weighted by Crippen LogP contribution is 2.33. The van der Waals surface area contributed by atoms with Crippen molar-refractivity contribution in [2.24, 2.45) is 0 Å². The Morgan fingerprint density at radius 2 is 1.84 bits per heavy atom. The van der Waals surface area contributed by atoms with Crippen molar-refractivity contribution in [1.29, 1.82) is 0 Å². The largest absolute Gasteiger partial charge is 0.479 e. The van der Waals surface area contributed by atoms with Gasteiger partial charge in [0.1, 0.15) is 5.38 Å². The van der Waals surface area contributed by atoms with Gasteiger partial charge in [-0.1, -0.05) is 18.2 Å². The molecular weight excluding hydrogens is 282 g/mol. The average molecular weight is 293 g/mol. The first kappa shape index (κ1) is 15.5. The second-order valence-electron chi connectivity index (χ2n) is 3.90. The van der Waals surface area contributed by atoms with E-state index in [1.165, 1.54) is 0 Å². The fourth-order valence-corrected chi connectivity index (χ4v) is 1.73. The van der Waals surface area contributed by atoms with E-state index in [1.54, 1.807) is 0 Å². The molecule has 0 spiro atoms. The summed E-state index contributed by atoms with van der Waals surface area (Å²) in [4.78, 5) is 21.8. The van der Waals surface area contributed by atoms with Crippen LogP contribution in [0.15, 0.2) is 18.2 Å². The predicted octanol–water partition coefficient (Wildman–Crippen LogP) is 2.61. The Morgan fingerprint density at radius 1 is 1.26 bits per heavy atom. The minimum atomic E-state index is -2.85. The van der Waals surface area contributed by atoms with Gasteiger partial charge in [-0.15, -0.1) is 11.6 Å². The van der Waals surface area contributed by atoms with Crippen LogP contribution in [0.2, 0.25) is 0 Å². The molecule has 0 aliphatic carbocycles. The van der Waals surface area contributed by atoms with Gasteiger partial charge >= 0.3 is 5.97 Å². The molecule has 0 saturated heterocycles. The van der Waals surface area contributed by atoms with Crippen LogP contribution < -0.4 is 0 Å². The number of ketones is 1. The number of aliphatic hydroxyl groups excluding tert-OH is 1. The van der Waals surface area contributed by atoms with Gasteiger partial charge in [0, 0.05) is 5.56 Å². The van der Waals surface area contributed by atoms with Crippen LogP contribution in [-0.4, -0.2) is 22.0 Å². The van der Waals surface area contributed by atoms with Crippen molar-refractivity contribution in [1.82, 2.24) is 0 Å². The second kappa shape index (κ2) is 6.08. The Kier molecular flexibility index (Phi) is 4.97. The quantitative estimate of drug-likeness (QED) is 0.818. The van der Waals surface area contributed by atoms with Gasteiger partial charge in [-0.05, 0) is 18.1 Å². The van der Waals surface area contributed by atoms with Crippen LogP contribution in [0.3, 0.4) is 0 Å². The molecule has 104 valence electrons. The molecule has 1 aromatic rings. The van der Waals surface area contributed by atoms with Gasteiger partial charge in [-0.3, -0.25) is 4.79 Å². The number of benzene rings is 1. The molecule has 0 aromatic heterocycles. The van der Waals surface area contributed by atoms with Crippen LogP contribution in [-0.2, 0) is 9.59 Å². The number of hydrogen-bond acceptors (Lipinski definition) is 3. The molecule has 7 heteroatoms. The number of alkyl halides is 3. The first-order valence-electron chi connectivity index (χ1n) is 5.23. The minimum Gasteiger partial charge on any atom is -0.479 e. The zero-order valence-corrected chi connectivity index (χ0v) is 10.6. The van der Waals surface area contributed by atoms with Crippen LogP contribution in [0.5, 0.6) is 0 Å². The molecule has 2 N–H and O–H groups in total. The summed E-state index contributed by atoms with van der Waals surface area (Å²) in [6.45, 7) is 1.13. The molecule has 0 saturated carbocycles. The van der Waals surface area contributed by atoms with E-state index in [4.69, 9.17) is 16.7 Å². The maximum absolute atomic E-state index is 12.8. The number of carbonyl (C=O) groups excluding carboxylic acids is 1. The summed E-state index contributed by atoms with van der Waals surface area (Å²) in [5.74, 6) is -2.07. The lowest BCUT2D eigenvalue weighted by atomic mass is 9.97. The lowest BCUT2D eigenvalue weighted by Crippen LogP contribution is -2.13. The van der Waals surface area contributed by atoms with E-state index in [0.717, 1.165) is 25.1 Å². The summed E-state index contributed by atoms with van der Waals surface area (Å²) in [6.07, 6.45) is -4.71. The number of aliphatic hydroxyl groups is 1. The number of rotatable bonds is 5. The van der Waals surface area contributed by atoms with Crippen molar-refractivity contribution in [2.45, 2.75) is 24.8 Å². The molecule has 1 aromatic carbocycles. The smallest absolute Gasteiger partial charge is 0.337 e. The Hall–Kier alpha value is -1.53. The first-order chi connectivity index (χ1) is 8.75. The third kappa shape index (κ3) is 3.48. The van der Waals surface area contributed by atoms with Gasteiger partial charge in [0.25, 0.3) is 6.43 Å². The number of Topliss-reactive ketones (excluding diaryl/α,β-unsaturated/α-hetero) is 1. The predicted molar refractivity (Wildman–Crippen MR) is 63.3 cm³/mol. The molecule has 0 heterocycles. The highest BCUT2D eigenvalue weighted by Gasteiger charge is 2.25. The highest BCUT2D eigenvalue weighted by molar-refractivity contribution is 6.30. The molecule has 0 aliphatic rings. The maximum atomic E-state index is 12.8. The second-order valence-corrected chi connectivity index (χ2v) is 4.34. The third-order valence-electron chi connectivity index (χ3n) is 2.53. The summed E-state index contributed by atoms with van der Waals surface area (Å²) in [5.41, 5.74) is -0.766. The van der Waals surface area contributed by atoms with Crippen LogP contribution in [0.1, 0.15) is 41.5 Å². The van der Waals surface area contributed by atoms with Gasteiger partial charge in [0.15, 0.2) is 11.9 Å². The van der Waals surface area contributed by atoms with Crippen molar-refractivity contribution in [2.75, 3.05) is 0 Å². The van der Waals surface area contributed by atoms with E-state index in [1.807, 2.05) is 0 Å². The summed E-state index contributed by atoms with van der Waals surface area (Å²) in [6, 6.07) is 3.03. The van der Waals surface area contributed by atoms with E-state index >= 15 is 0 Å². The highest BCUT2D eigenvalue weighted by atomic mass is 35.5. The summed E-state index contributed by atoms with van der Waals surface area (Å²) in [7, 11) is 0. The average Bonchev–Trinajstić information content (AvgIpc) is 2.35. The van der Waals surface area contributed by atoms with Crippen molar-refractivity contribution in [3.8, 4) is 0 Å². The molecule has 2 atom stereocenters. The molecule has 19 heavy (non-hydrogen) atoms. The van der Waals surface area contributed by atoms with Crippen molar-refractivity contribution < 1.29 is 28.6 Å². The first-order valence-corrected chi connectivity index (χ1v) is 5.66. The Bertz CT molecular complexity index is 505. The Morgan fingerprint density at radius 3 is 2.26 bits per heavy atom. The summed E-state index contributed by atoms with van der Waals surface area (Å²) >= 11 is 5.73. The number of carboxylic acid groups (broad SMARTS) is 1. The van der Waals surface area contributed by atoms with Gasteiger partial charge in [-0.2, -0.15) is 0 Å². The zero-order valence-electron chi connectivity index (χ0n) is 9.81. The van der Waals surface area contributed by atoms with E-state index in [2.05, 4.69) is 0 Å². The molecular formula is C12H11ClF2O4. The van der Waals surface area contributed by atoms with Crippen molar-refractivity contribution in [3.05, 3.63) is 34.9 Å². The molecule has 1 rings (SSSR count). The number of hydrogen-bond donors (Lipinski definition) is 2. The van der Waals surface area contributed by atoms with E-state index in [-0.39, 0.29) is 11.1 Å². The van der Waals surface area contributed by atoms with Crippen LogP contribution in [0.4, 0.5) is 8.78 Å². The Labute approximate surface area is 112 Å². The third-order valence-corrected chi connectivity index (χ3v) is 3.07. The number of carbonyl (C=O) groups is 2. The fraction of sp³-hybridized carbons (Fsp3) is 0.333. The minimum absolute atomic E-state index is 0.112. The van der Waals surface area contributed by atoms with Gasteiger partial charge in [0.05, 0.1) is 0 Å². The summed E-state index contributed by atoms with van der Waals surface area (Å²) in [5, 5.41) is 16.7. The Balaban J connectivity index is 3.33. The van der Waals surface area contributed by atoms with Gasteiger partial charge in [-0.25, -0.2) is 13.6 Å². The van der Waals surface area contributed by atoms with E-state index in [0.29, 0.717) is 0 Å². The van der Waals surface area contributed by atoms with Crippen molar-refractivity contribution in [3.63, 3.8) is 0 Å². The normalized spacial score (nSPS) is 14.2. The van der Waals surface area contributed by atoms with Gasteiger partial charge in [0.2, 0.25) is 0 Å². The zero-order chi connectivity index (χ0) is 14.7. The van der Waals surface area contributed by atoms with Crippen LogP contribution >= 0.6 is 11.6 Å². The maximum Gasteiger partial charge on any atom is 0.337 e. The van der Waals surface area contributed by atoms with Crippen LogP contribution in [0, 0.1) is 0 Å². The van der Waals surface area contributed by atoms with Crippen molar-refractivity contribution >= 4 is 23.4 Å². The number of aliphatic carboxylic acids is 1. The monoisotopic (exact) mass is 292 g/mol. The number of carboxylic acids is 1.